The van der Waals surface area contributed by atoms with Crippen LogP contribution in [-0.4, -0.2) is 38.8 Å². The van der Waals surface area contributed by atoms with E-state index in [-0.39, 0.29) is 30.2 Å². The van der Waals surface area contributed by atoms with Crippen LogP contribution in [0.2, 0.25) is 10.0 Å². The normalized spacial score (nSPS) is 17.9. The van der Waals surface area contributed by atoms with Crippen LogP contribution >= 0.6 is 23.2 Å². The Kier molecular flexibility index (Phi) is 9.13. The number of carbonyl (C=O) groups excluding carboxylic acids is 1. The highest BCUT2D eigenvalue weighted by molar-refractivity contribution is 7.88. The molecule has 0 aromatic heterocycles. The molecule has 0 aliphatic carbocycles. The Balaban J connectivity index is 1.70. The number of methoxy groups -OCH3 is 1. The molecule has 0 unspecified atom stereocenters. The van der Waals surface area contributed by atoms with Gasteiger partial charge in [-0.15, -0.1) is 0 Å². The van der Waals surface area contributed by atoms with Gasteiger partial charge in [0.2, 0.25) is 15.9 Å². The number of hydrogen-bond acceptors (Lipinski definition) is 4. The maximum absolute atomic E-state index is 13.2. The number of amides is 1. The molecule has 35 heavy (non-hydrogen) atoms. The first kappa shape index (κ1) is 27.8. The highest BCUT2D eigenvalue weighted by atomic mass is 35.5. The Morgan fingerprint density at radius 1 is 1.14 bits per heavy atom. The van der Waals surface area contributed by atoms with E-state index in [0.717, 1.165) is 22.4 Å². The van der Waals surface area contributed by atoms with E-state index in [2.05, 4.69) is 25.2 Å². The van der Waals surface area contributed by atoms with Crippen LogP contribution in [0.3, 0.4) is 0 Å². The lowest BCUT2D eigenvalue weighted by molar-refractivity contribution is -0.126. The Morgan fingerprint density at radius 2 is 1.86 bits per heavy atom. The van der Waals surface area contributed by atoms with Gasteiger partial charge in [-0.1, -0.05) is 43.1 Å². The van der Waals surface area contributed by atoms with Gasteiger partial charge in [0, 0.05) is 13.1 Å². The molecule has 0 bridgehead atoms. The van der Waals surface area contributed by atoms with E-state index < -0.39 is 15.9 Å². The number of benzene rings is 2. The highest BCUT2D eigenvalue weighted by Crippen LogP contribution is 2.32. The van der Waals surface area contributed by atoms with E-state index in [9.17, 15) is 13.2 Å². The van der Waals surface area contributed by atoms with Gasteiger partial charge in [-0.3, -0.25) is 4.79 Å². The molecule has 192 valence electrons. The fraction of sp³-hybridized carbons (Fsp3) is 0.500. The minimum atomic E-state index is -3.60. The highest BCUT2D eigenvalue weighted by Gasteiger charge is 2.33. The zero-order chi connectivity index (χ0) is 25.9. The SMILES string of the molecule is COc1cc(C)c([C@H](C)NC(=O)[C@@H]2CCCN(S(=O)(=O)Cc3ccc(Cl)c(Cl)c3)C2)cc1C(C)C. The van der Waals surface area contributed by atoms with Crippen LogP contribution in [0.4, 0.5) is 0 Å². The molecule has 1 amide bonds. The first-order chi connectivity index (χ1) is 16.4. The summed E-state index contributed by atoms with van der Waals surface area (Å²) < 4.78 is 33.1. The van der Waals surface area contributed by atoms with Crippen LogP contribution in [0.15, 0.2) is 30.3 Å². The minimum Gasteiger partial charge on any atom is -0.496 e. The van der Waals surface area contributed by atoms with Gasteiger partial charge in [-0.25, -0.2) is 12.7 Å². The number of aryl methyl sites for hydroxylation is 1. The van der Waals surface area contributed by atoms with Gasteiger partial charge in [0.05, 0.1) is 34.9 Å². The molecule has 2 aromatic rings. The van der Waals surface area contributed by atoms with Crippen molar-refractivity contribution in [3.8, 4) is 5.75 Å². The second-order valence-electron chi connectivity index (χ2n) is 9.54. The first-order valence-electron chi connectivity index (χ1n) is 11.8. The van der Waals surface area contributed by atoms with Crippen molar-refractivity contribution in [3.63, 3.8) is 0 Å². The predicted molar refractivity (Wildman–Crippen MR) is 142 cm³/mol. The van der Waals surface area contributed by atoms with Gasteiger partial charge in [0.1, 0.15) is 5.75 Å². The smallest absolute Gasteiger partial charge is 0.224 e. The van der Waals surface area contributed by atoms with Crippen molar-refractivity contribution in [2.45, 2.75) is 58.2 Å². The number of hydrogen-bond donors (Lipinski definition) is 1. The largest absolute Gasteiger partial charge is 0.496 e. The average molecular weight is 542 g/mol. The number of halogens is 2. The fourth-order valence-electron chi connectivity index (χ4n) is 4.56. The van der Waals surface area contributed by atoms with Gasteiger partial charge in [0.15, 0.2) is 0 Å². The van der Waals surface area contributed by atoms with Crippen LogP contribution in [0.25, 0.3) is 0 Å². The van der Waals surface area contributed by atoms with Crippen molar-refractivity contribution in [2.75, 3.05) is 20.2 Å². The third kappa shape index (κ3) is 6.70. The summed E-state index contributed by atoms with van der Waals surface area (Å²) in [6, 6.07) is 8.71. The van der Waals surface area contributed by atoms with E-state index in [0.29, 0.717) is 35.0 Å². The van der Waals surface area contributed by atoms with Gasteiger partial charge < -0.3 is 10.1 Å². The molecule has 2 aromatic carbocycles. The van der Waals surface area contributed by atoms with Gasteiger partial charge in [-0.2, -0.15) is 0 Å². The number of piperidine rings is 1. The zero-order valence-electron chi connectivity index (χ0n) is 20.9. The molecular weight excluding hydrogens is 507 g/mol. The second kappa shape index (κ2) is 11.5. The van der Waals surface area contributed by atoms with Gasteiger partial charge >= 0.3 is 0 Å². The molecule has 0 saturated carbocycles. The first-order valence-corrected chi connectivity index (χ1v) is 14.2. The van der Waals surface area contributed by atoms with Crippen LogP contribution in [0.1, 0.15) is 67.8 Å². The molecule has 0 spiro atoms. The van der Waals surface area contributed by atoms with E-state index in [1.54, 1.807) is 25.3 Å². The molecule has 1 aliphatic heterocycles. The number of nitrogens with one attached hydrogen (secondary N) is 1. The summed E-state index contributed by atoms with van der Waals surface area (Å²) >= 11 is 12.0. The van der Waals surface area contributed by atoms with Crippen LogP contribution in [-0.2, 0) is 20.6 Å². The maximum Gasteiger partial charge on any atom is 0.224 e. The van der Waals surface area contributed by atoms with Crippen molar-refractivity contribution >= 4 is 39.1 Å². The number of sulfonamides is 1. The van der Waals surface area contributed by atoms with Gasteiger partial charge in [-0.05, 0) is 79.1 Å². The summed E-state index contributed by atoms with van der Waals surface area (Å²) in [4.78, 5) is 13.2. The summed E-state index contributed by atoms with van der Waals surface area (Å²) in [7, 11) is -1.94. The monoisotopic (exact) mass is 540 g/mol. The molecule has 1 N–H and O–H groups in total. The number of nitrogens with zero attached hydrogens (tertiary/aromatic N) is 1. The van der Waals surface area contributed by atoms with E-state index in [4.69, 9.17) is 27.9 Å². The quantitative estimate of drug-likeness (QED) is 0.455. The molecule has 2 atom stereocenters. The molecular formula is C26H34Cl2N2O4S. The molecule has 6 nitrogen and oxygen atoms in total. The summed E-state index contributed by atoms with van der Waals surface area (Å²) in [5, 5.41) is 3.81. The molecule has 1 saturated heterocycles. The van der Waals surface area contributed by atoms with Gasteiger partial charge in [0.25, 0.3) is 0 Å². The maximum atomic E-state index is 13.2. The predicted octanol–water partition coefficient (Wildman–Crippen LogP) is 5.85. The molecule has 1 aliphatic rings. The van der Waals surface area contributed by atoms with Crippen molar-refractivity contribution in [2.24, 2.45) is 5.92 Å². The van der Waals surface area contributed by atoms with Crippen molar-refractivity contribution in [1.29, 1.82) is 0 Å². The van der Waals surface area contributed by atoms with Crippen molar-refractivity contribution < 1.29 is 17.9 Å². The number of carbonyl (C=O) groups is 1. The standard InChI is InChI=1S/C26H34Cl2N2O4S/c1-16(2)21-13-22(17(3)11-25(21)34-5)18(4)29-26(31)20-7-6-10-30(14-20)35(32,33)15-19-8-9-23(27)24(28)12-19/h8-9,11-13,16,18,20H,6-7,10,14-15H2,1-5H3,(H,29,31)/t18-,20+/m0/s1. The lowest BCUT2D eigenvalue weighted by Crippen LogP contribution is -2.46. The number of rotatable bonds is 8. The minimum absolute atomic E-state index is 0.131. The van der Waals surface area contributed by atoms with E-state index >= 15 is 0 Å². The topological polar surface area (TPSA) is 75.7 Å². The summed E-state index contributed by atoms with van der Waals surface area (Å²) in [6.45, 7) is 8.74. The molecule has 0 radical (unpaired) electrons. The van der Waals surface area contributed by atoms with Crippen LogP contribution < -0.4 is 10.1 Å². The Bertz CT molecular complexity index is 1180. The second-order valence-corrected chi connectivity index (χ2v) is 12.3. The average Bonchev–Trinajstić information content (AvgIpc) is 2.80. The third-order valence-corrected chi connectivity index (χ3v) is 9.10. The summed E-state index contributed by atoms with van der Waals surface area (Å²) in [5.74, 6) is 0.401. The Hall–Kier alpha value is -1.80. The van der Waals surface area contributed by atoms with Crippen LogP contribution in [0.5, 0.6) is 5.75 Å². The van der Waals surface area contributed by atoms with Crippen molar-refractivity contribution in [3.05, 3.63) is 62.6 Å². The Labute approximate surface area is 219 Å². The van der Waals surface area contributed by atoms with Crippen LogP contribution in [0, 0.1) is 12.8 Å². The lowest BCUT2D eigenvalue weighted by atomic mass is 9.92. The van der Waals surface area contributed by atoms with E-state index in [1.165, 1.54) is 4.31 Å². The Morgan fingerprint density at radius 3 is 2.49 bits per heavy atom. The van der Waals surface area contributed by atoms with Crippen molar-refractivity contribution in [1.82, 2.24) is 9.62 Å². The summed E-state index contributed by atoms with van der Waals surface area (Å²) in [6.07, 6.45) is 1.28. The third-order valence-electron chi connectivity index (χ3n) is 6.55. The zero-order valence-corrected chi connectivity index (χ0v) is 23.2. The molecule has 1 heterocycles. The van der Waals surface area contributed by atoms with E-state index in [1.807, 2.05) is 19.9 Å². The fourth-order valence-corrected chi connectivity index (χ4v) is 6.48. The lowest BCUT2D eigenvalue weighted by Gasteiger charge is -2.32. The molecule has 1 fully saturated rings. The number of ether oxygens (including phenoxy) is 1. The molecule has 9 heteroatoms. The summed E-state index contributed by atoms with van der Waals surface area (Å²) in [5.41, 5.74) is 3.72. The molecule has 3 rings (SSSR count).